The first-order valence-electron chi connectivity index (χ1n) is 10.0. The van der Waals surface area contributed by atoms with Crippen molar-refractivity contribution in [3.05, 3.63) is 77.5 Å². The van der Waals surface area contributed by atoms with Crippen molar-refractivity contribution in [2.24, 2.45) is 0 Å². The van der Waals surface area contributed by atoms with Crippen molar-refractivity contribution < 1.29 is 9.90 Å². The summed E-state index contributed by atoms with van der Waals surface area (Å²) in [5, 5.41) is 14.1. The highest BCUT2D eigenvalue weighted by Crippen LogP contribution is 2.26. The molecule has 3 aromatic rings. The summed E-state index contributed by atoms with van der Waals surface area (Å²) in [5.41, 5.74) is 4.92. The lowest BCUT2D eigenvalue weighted by Gasteiger charge is -2.24. The first kappa shape index (κ1) is 18.5. The Labute approximate surface area is 165 Å². The van der Waals surface area contributed by atoms with E-state index in [-0.39, 0.29) is 0 Å². The number of hydrogen-bond acceptors (Lipinski definition) is 2. The summed E-state index contributed by atoms with van der Waals surface area (Å²) < 4.78 is 0. The van der Waals surface area contributed by atoms with E-state index in [0.717, 1.165) is 55.1 Å². The van der Waals surface area contributed by atoms with Gasteiger partial charge in [-0.1, -0.05) is 61.0 Å². The highest BCUT2D eigenvalue weighted by atomic mass is 16.4. The minimum Gasteiger partial charge on any atom is -0.477 e. The predicted octanol–water partition coefficient (Wildman–Crippen LogP) is 5.02. The summed E-state index contributed by atoms with van der Waals surface area (Å²) in [6.45, 7) is 0.917. The van der Waals surface area contributed by atoms with Crippen LogP contribution in [0.25, 0.3) is 16.5 Å². The number of carboxylic acids is 1. The number of hydrogen-bond donors (Lipinski definition) is 3. The van der Waals surface area contributed by atoms with Crippen molar-refractivity contribution in [2.45, 2.75) is 38.1 Å². The van der Waals surface area contributed by atoms with Crippen molar-refractivity contribution in [1.29, 1.82) is 0 Å². The molecule has 1 aliphatic heterocycles. The van der Waals surface area contributed by atoms with Gasteiger partial charge in [0.1, 0.15) is 5.69 Å². The van der Waals surface area contributed by atoms with Crippen LogP contribution >= 0.6 is 0 Å². The van der Waals surface area contributed by atoms with Crippen molar-refractivity contribution in [3.8, 4) is 0 Å². The predicted molar refractivity (Wildman–Crippen MR) is 114 cm³/mol. The van der Waals surface area contributed by atoms with Gasteiger partial charge in [-0.2, -0.15) is 0 Å². The fourth-order valence-corrected chi connectivity index (χ4v) is 4.20. The fraction of sp³-hybridized carbons (Fsp3) is 0.292. The topological polar surface area (TPSA) is 65.1 Å². The third-order valence-corrected chi connectivity index (χ3v) is 5.62. The van der Waals surface area contributed by atoms with Crippen molar-refractivity contribution in [2.75, 3.05) is 6.54 Å². The summed E-state index contributed by atoms with van der Waals surface area (Å²) in [5.74, 6) is -0.877. The Hall–Kier alpha value is -2.85. The molecule has 0 radical (unpaired) electrons. The fourth-order valence-electron chi connectivity index (χ4n) is 4.20. The van der Waals surface area contributed by atoms with E-state index in [1.165, 1.54) is 11.1 Å². The second kappa shape index (κ2) is 8.44. The molecule has 4 heteroatoms. The third-order valence-electron chi connectivity index (χ3n) is 5.62. The Kier molecular flexibility index (Phi) is 5.58. The van der Waals surface area contributed by atoms with Gasteiger partial charge >= 0.3 is 5.97 Å². The van der Waals surface area contributed by atoms with E-state index in [2.05, 4.69) is 46.7 Å². The molecule has 3 N–H and O–H groups in total. The van der Waals surface area contributed by atoms with Crippen LogP contribution < -0.4 is 5.32 Å². The quantitative estimate of drug-likeness (QED) is 0.509. The van der Waals surface area contributed by atoms with Crippen LogP contribution in [0.3, 0.4) is 0 Å². The molecule has 4 nitrogen and oxygen atoms in total. The summed E-state index contributed by atoms with van der Waals surface area (Å²) in [4.78, 5) is 14.7. The number of aromatic nitrogens is 1. The number of aryl methyl sites for hydroxylation is 1. The van der Waals surface area contributed by atoms with Crippen LogP contribution in [-0.4, -0.2) is 28.6 Å². The van der Waals surface area contributed by atoms with Crippen molar-refractivity contribution in [3.63, 3.8) is 0 Å². The second-order valence-corrected chi connectivity index (χ2v) is 7.48. The van der Waals surface area contributed by atoms with Gasteiger partial charge in [-0.15, -0.1) is 0 Å². The first-order chi connectivity index (χ1) is 13.7. The van der Waals surface area contributed by atoms with Gasteiger partial charge in [0.15, 0.2) is 0 Å². The van der Waals surface area contributed by atoms with E-state index in [4.69, 9.17) is 0 Å². The molecule has 0 saturated heterocycles. The minimum atomic E-state index is -0.877. The molecule has 1 aliphatic rings. The lowest BCUT2D eigenvalue weighted by molar-refractivity contribution is 0.0690. The monoisotopic (exact) mass is 374 g/mol. The summed E-state index contributed by atoms with van der Waals surface area (Å²) in [6.07, 6.45) is 7.31. The van der Waals surface area contributed by atoms with Crippen LogP contribution in [0.5, 0.6) is 0 Å². The summed E-state index contributed by atoms with van der Waals surface area (Å²) in [6, 6.07) is 18.9. The Morgan fingerprint density at radius 3 is 2.64 bits per heavy atom. The van der Waals surface area contributed by atoms with Gasteiger partial charge in [-0.05, 0) is 48.4 Å². The maximum Gasteiger partial charge on any atom is 0.352 e. The molecule has 0 spiro atoms. The van der Waals surface area contributed by atoms with Crippen LogP contribution in [0.2, 0.25) is 0 Å². The largest absolute Gasteiger partial charge is 0.477 e. The Morgan fingerprint density at radius 1 is 1.04 bits per heavy atom. The average Bonchev–Trinajstić information content (AvgIpc) is 3.11. The van der Waals surface area contributed by atoms with E-state index >= 15 is 0 Å². The van der Waals surface area contributed by atoms with Crippen LogP contribution in [0.1, 0.15) is 47.3 Å². The number of benzene rings is 2. The third kappa shape index (κ3) is 4.02. The zero-order valence-corrected chi connectivity index (χ0v) is 15.9. The van der Waals surface area contributed by atoms with Crippen molar-refractivity contribution >= 4 is 22.4 Å². The van der Waals surface area contributed by atoms with Gasteiger partial charge in [0.2, 0.25) is 0 Å². The van der Waals surface area contributed by atoms with Crippen molar-refractivity contribution in [1.82, 2.24) is 10.3 Å². The molecule has 144 valence electrons. The Bertz CT molecular complexity index is 988. The van der Waals surface area contributed by atoms with E-state index in [9.17, 15) is 9.90 Å². The molecule has 4 rings (SSSR count). The second-order valence-electron chi connectivity index (χ2n) is 7.48. The molecular formula is C24H26N2O2. The molecule has 1 unspecified atom stereocenters. The standard InChI is InChI=1S/C24H26N2O2/c27-24(28)23-21(20-11-6-7-13-22(20)26-23)12-5-4-10-19-16-18(14-15-25-19)17-8-2-1-3-9-17/h1-3,6-9,11,13-14,19,25-26H,4-5,10,12,15-16H2,(H,27,28). The molecule has 0 amide bonds. The molecule has 0 aliphatic carbocycles. The minimum absolute atomic E-state index is 0.339. The molecule has 0 fully saturated rings. The van der Waals surface area contributed by atoms with Gasteiger partial charge in [-0.3, -0.25) is 0 Å². The molecule has 1 aromatic heterocycles. The number of para-hydroxylation sites is 1. The summed E-state index contributed by atoms with van der Waals surface area (Å²) >= 11 is 0. The zero-order valence-electron chi connectivity index (χ0n) is 15.9. The Balaban J connectivity index is 1.34. The number of aromatic carboxylic acids is 1. The lowest BCUT2D eigenvalue weighted by atomic mass is 9.92. The molecule has 1 atom stereocenters. The van der Waals surface area contributed by atoms with Gasteiger partial charge < -0.3 is 15.4 Å². The smallest absolute Gasteiger partial charge is 0.352 e. The molecule has 2 aromatic carbocycles. The molecule has 2 heterocycles. The van der Waals surface area contributed by atoms with Gasteiger partial charge in [-0.25, -0.2) is 4.79 Å². The number of fused-ring (bicyclic) bond motifs is 1. The number of H-pyrrole nitrogens is 1. The van der Waals surface area contributed by atoms with Crippen LogP contribution in [0.15, 0.2) is 60.7 Å². The molecule has 28 heavy (non-hydrogen) atoms. The highest BCUT2D eigenvalue weighted by Gasteiger charge is 2.18. The SMILES string of the molecule is O=C(O)c1[nH]c2ccccc2c1CCCCC1CC(c2ccccc2)=CCN1. The molecular weight excluding hydrogens is 348 g/mol. The van der Waals surface area contributed by atoms with Gasteiger partial charge in [0, 0.05) is 23.5 Å². The van der Waals surface area contributed by atoms with Gasteiger partial charge in [0.25, 0.3) is 0 Å². The highest BCUT2D eigenvalue weighted by molar-refractivity contribution is 5.97. The lowest BCUT2D eigenvalue weighted by Crippen LogP contribution is -2.32. The number of nitrogens with one attached hydrogen (secondary N) is 2. The van der Waals surface area contributed by atoms with Crippen LogP contribution in [0.4, 0.5) is 0 Å². The maximum atomic E-state index is 11.6. The number of unbranched alkanes of at least 4 members (excludes halogenated alkanes) is 1. The molecule has 0 bridgehead atoms. The number of rotatable bonds is 7. The van der Waals surface area contributed by atoms with Gasteiger partial charge in [0.05, 0.1) is 0 Å². The van der Waals surface area contributed by atoms with E-state index < -0.39 is 5.97 Å². The number of carbonyl (C=O) groups is 1. The summed E-state index contributed by atoms with van der Waals surface area (Å²) in [7, 11) is 0. The van der Waals surface area contributed by atoms with E-state index in [1.807, 2.05) is 24.3 Å². The molecule has 0 saturated carbocycles. The first-order valence-corrected chi connectivity index (χ1v) is 10.0. The number of carboxylic acid groups (broad SMARTS) is 1. The number of aromatic amines is 1. The van der Waals surface area contributed by atoms with E-state index in [0.29, 0.717) is 11.7 Å². The van der Waals surface area contributed by atoms with E-state index in [1.54, 1.807) is 0 Å². The van der Waals surface area contributed by atoms with Crippen LogP contribution in [-0.2, 0) is 6.42 Å². The Morgan fingerprint density at radius 2 is 1.82 bits per heavy atom. The zero-order chi connectivity index (χ0) is 19.3. The van der Waals surface area contributed by atoms with Crippen LogP contribution in [0, 0.1) is 0 Å². The maximum absolute atomic E-state index is 11.6. The normalized spacial score (nSPS) is 16.9. The average molecular weight is 374 g/mol.